The number of hydrogen-bond donors (Lipinski definition) is 2. The Labute approximate surface area is 105 Å². The summed E-state index contributed by atoms with van der Waals surface area (Å²) in [4.78, 5) is 11.2. The van der Waals surface area contributed by atoms with E-state index >= 15 is 0 Å². The van der Waals surface area contributed by atoms with Gasteiger partial charge in [-0.1, -0.05) is 18.2 Å². The lowest BCUT2D eigenvalue weighted by atomic mass is 9.93. The van der Waals surface area contributed by atoms with Gasteiger partial charge in [-0.2, -0.15) is 0 Å². The Hall–Kier alpha value is -1.81. The zero-order valence-corrected chi connectivity index (χ0v) is 10.6. The highest BCUT2D eigenvalue weighted by atomic mass is 16.4. The molecule has 4 heteroatoms. The number of aliphatic carboxylic acids is 1. The predicted molar refractivity (Wildman–Crippen MR) is 69.3 cm³/mol. The zero-order valence-electron chi connectivity index (χ0n) is 10.6. The zero-order chi connectivity index (χ0) is 13.3. The number of nitrogens with zero attached hydrogens (tertiary/aromatic N) is 1. The van der Waals surface area contributed by atoms with Crippen molar-refractivity contribution in [1.29, 1.82) is 0 Å². The second kappa shape index (κ2) is 4.46. The van der Waals surface area contributed by atoms with Crippen LogP contribution in [0.25, 0.3) is 10.9 Å². The number of fused-ring (bicyclic) bond motifs is 1. The minimum absolute atomic E-state index is 0.0468. The summed E-state index contributed by atoms with van der Waals surface area (Å²) < 4.78 is 1.90. The monoisotopic (exact) mass is 247 g/mol. The van der Waals surface area contributed by atoms with Gasteiger partial charge in [-0.05, 0) is 25.3 Å². The summed E-state index contributed by atoms with van der Waals surface area (Å²) >= 11 is 0. The van der Waals surface area contributed by atoms with Crippen molar-refractivity contribution < 1.29 is 15.0 Å². The molecular weight excluding hydrogens is 230 g/mol. The first-order valence-electron chi connectivity index (χ1n) is 5.87. The lowest BCUT2D eigenvalue weighted by Gasteiger charge is -2.21. The first-order chi connectivity index (χ1) is 8.45. The van der Waals surface area contributed by atoms with E-state index in [9.17, 15) is 15.0 Å². The molecule has 0 fully saturated rings. The Kier molecular flexibility index (Phi) is 3.13. The van der Waals surface area contributed by atoms with Crippen molar-refractivity contribution in [3.63, 3.8) is 0 Å². The third-order valence-corrected chi connectivity index (χ3v) is 3.19. The first kappa shape index (κ1) is 12.6. The van der Waals surface area contributed by atoms with Gasteiger partial charge in [0.2, 0.25) is 0 Å². The Bertz CT molecular complexity index is 584. The van der Waals surface area contributed by atoms with Gasteiger partial charge in [0.1, 0.15) is 0 Å². The van der Waals surface area contributed by atoms with Crippen LogP contribution in [0.1, 0.15) is 19.4 Å². The average molecular weight is 247 g/mol. The molecule has 0 aliphatic rings. The van der Waals surface area contributed by atoms with E-state index in [4.69, 9.17) is 0 Å². The molecule has 2 aromatic rings. The molecule has 18 heavy (non-hydrogen) atoms. The molecule has 0 atom stereocenters. The average Bonchev–Trinajstić information content (AvgIpc) is 2.71. The lowest BCUT2D eigenvalue weighted by molar-refractivity contribution is -0.147. The molecule has 0 saturated carbocycles. The highest BCUT2D eigenvalue weighted by Gasteiger charge is 2.28. The van der Waals surface area contributed by atoms with Crippen molar-refractivity contribution in [2.75, 3.05) is 0 Å². The molecule has 1 aromatic heterocycles. The standard InChI is InChI=1S/C14H17NO3/c1-14(2,13(17)18)9-15-7-6-10-4-3-5-11(8-16)12(10)15/h3-7,16H,8-9H2,1-2H3,(H,17,18). The Morgan fingerprint density at radius 3 is 2.67 bits per heavy atom. The van der Waals surface area contributed by atoms with Crippen LogP contribution in [-0.2, 0) is 17.9 Å². The normalized spacial score (nSPS) is 11.9. The number of para-hydroxylation sites is 1. The van der Waals surface area contributed by atoms with Crippen LogP contribution in [0.5, 0.6) is 0 Å². The molecule has 0 spiro atoms. The number of hydrogen-bond acceptors (Lipinski definition) is 2. The molecule has 1 heterocycles. The van der Waals surface area contributed by atoms with Gasteiger partial charge in [0.25, 0.3) is 0 Å². The smallest absolute Gasteiger partial charge is 0.310 e. The third-order valence-electron chi connectivity index (χ3n) is 3.19. The molecule has 0 unspecified atom stereocenters. The van der Waals surface area contributed by atoms with E-state index in [2.05, 4.69) is 0 Å². The second-order valence-electron chi connectivity index (χ2n) is 5.15. The van der Waals surface area contributed by atoms with E-state index in [1.807, 2.05) is 35.0 Å². The molecule has 0 saturated heterocycles. The largest absolute Gasteiger partial charge is 0.481 e. The van der Waals surface area contributed by atoms with Gasteiger partial charge in [-0.3, -0.25) is 4.79 Å². The number of carbonyl (C=O) groups is 1. The van der Waals surface area contributed by atoms with Gasteiger partial charge >= 0.3 is 5.97 Å². The summed E-state index contributed by atoms with van der Waals surface area (Å²) in [6, 6.07) is 7.64. The molecule has 0 radical (unpaired) electrons. The number of aliphatic hydroxyl groups excluding tert-OH is 1. The van der Waals surface area contributed by atoms with E-state index in [1.54, 1.807) is 13.8 Å². The molecule has 2 N–H and O–H groups in total. The van der Waals surface area contributed by atoms with Crippen LogP contribution in [0.2, 0.25) is 0 Å². The maximum Gasteiger partial charge on any atom is 0.310 e. The summed E-state index contributed by atoms with van der Waals surface area (Å²) in [5.74, 6) is -0.828. The van der Waals surface area contributed by atoms with E-state index in [0.717, 1.165) is 16.5 Å². The van der Waals surface area contributed by atoms with Gasteiger partial charge in [0.05, 0.1) is 17.5 Å². The van der Waals surface area contributed by atoms with Crippen molar-refractivity contribution in [3.05, 3.63) is 36.0 Å². The van der Waals surface area contributed by atoms with Crippen LogP contribution in [-0.4, -0.2) is 20.7 Å². The fraction of sp³-hybridized carbons (Fsp3) is 0.357. The van der Waals surface area contributed by atoms with Crippen LogP contribution in [0, 0.1) is 5.41 Å². The van der Waals surface area contributed by atoms with Crippen molar-refractivity contribution in [1.82, 2.24) is 4.57 Å². The van der Waals surface area contributed by atoms with E-state index in [0.29, 0.717) is 6.54 Å². The fourth-order valence-corrected chi connectivity index (χ4v) is 2.09. The molecule has 4 nitrogen and oxygen atoms in total. The second-order valence-corrected chi connectivity index (χ2v) is 5.15. The third kappa shape index (κ3) is 2.11. The Morgan fingerprint density at radius 2 is 2.06 bits per heavy atom. The highest BCUT2D eigenvalue weighted by molar-refractivity contribution is 5.83. The van der Waals surface area contributed by atoms with Gasteiger partial charge < -0.3 is 14.8 Å². The fourth-order valence-electron chi connectivity index (χ4n) is 2.09. The number of aromatic nitrogens is 1. The van der Waals surface area contributed by atoms with Crippen LogP contribution in [0.4, 0.5) is 0 Å². The van der Waals surface area contributed by atoms with Crippen LogP contribution < -0.4 is 0 Å². The minimum atomic E-state index is -0.839. The molecule has 0 aliphatic carbocycles. The number of carboxylic acid groups (broad SMARTS) is 1. The predicted octanol–water partition coefficient (Wildman–Crippen LogP) is 2.24. The maximum atomic E-state index is 11.2. The van der Waals surface area contributed by atoms with Gasteiger partial charge in [0.15, 0.2) is 0 Å². The van der Waals surface area contributed by atoms with Gasteiger partial charge in [-0.25, -0.2) is 0 Å². The SMILES string of the molecule is CC(C)(Cn1ccc2cccc(CO)c21)C(=O)O. The van der Waals surface area contributed by atoms with E-state index in [-0.39, 0.29) is 6.61 Å². The number of benzene rings is 1. The van der Waals surface area contributed by atoms with Gasteiger partial charge in [-0.15, -0.1) is 0 Å². The number of rotatable bonds is 4. The first-order valence-corrected chi connectivity index (χ1v) is 5.87. The molecule has 2 rings (SSSR count). The van der Waals surface area contributed by atoms with Crippen LogP contribution in [0.15, 0.2) is 30.5 Å². The molecule has 1 aromatic carbocycles. The van der Waals surface area contributed by atoms with E-state index in [1.165, 1.54) is 0 Å². The number of aliphatic hydroxyl groups is 1. The number of carboxylic acids is 1. The van der Waals surface area contributed by atoms with E-state index < -0.39 is 11.4 Å². The summed E-state index contributed by atoms with van der Waals surface area (Å²) in [7, 11) is 0. The molecule has 0 aliphatic heterocycles. The van der Waals surface area contributed by atoms with Gasteiger partial charge in [0, 0.05) is 18.3 Å². The van der Waals surface area contributed by atoms with Crippen LogP contribution >= 0.6 is 0 Å². The summed E-state index contributed by atoms with van der Waals surface area (Å²) in [5, 5.41) is 19.5. The van der Waals surface area contributed by atoms with Crippen LogP contribution in [0.3, 0.4) is 0 Å². The highest BCUT2D eigenvalue weighted by Crippen LogP contribution is 2.25. The Balaban J connectivity index is 2.49. The van der Waals surface area contributed by atoms with Crippen molar-refractivity contribution in [2.45, 2.75) is 27.0 Å². The van der Waals surface area contributed by atoms with Crippen molar-refractivity contribution in [3.8, 4) is 0 Å². The van der Waals surface area contributed by atoms with Crippen molar-refractivity contribution in [2.24, 2.45) is 5.41 Å². The van der Waals surface area contributed by atoms with Crippen molar-refractivity contribution >= 4 is 16.9 Å². The lowest BCUT2D eigenvalue weighted by Crippen LogP contribution is -2.29. The minimum Gasteiger partial charge on any atom is -0.481 e. The Morgan fingerprint density at radius 1 is 1.33 bits per heavy atom. The summed E-state index contributed by atoms with van der Waals surface area (Å²) in [5.41, 5.74) is 0.891. The molecule has 0 bridgehead atoms. The summed E-state index contributed by atoms with van der Waals surface area (Å²) in [6.07, 6.45) is 1.87. The maximum absolute atomic E-state index is 11.2. The molecule has 96 valence electrons. The quantitative estimate of drug-likeness (QED) is 0.871. The molecular formula is C14H17NO3. The summed E-state index contributed by atoms with van der Waals surface area (Å²) in [6.45, 7) is 3.73. The topological polar surface area (TPSA) is 62.5 Å². The molecule has 0 amide bonds.